The van der Waals surface area contributed by atoms with Gasteiger partial charge in [-0.15, -0.1) is 0 Å². The number of sulfonamides is 1. The third-order valence-corrected chi connectivity index (χ3v) is 5.34. The number of amides is 1. The highest BCUT2D eigenvalue weighted by Crippen LogP contribution is 2.15. The van der Waals surface area contributed by atoms with Crippen LogP contribution in [0.3, 0.4) is 0 Å². The molecule has 1 fully saturated rings. The van der Waals surface area contributed by atoms with Crippen LogP contribution in [0.1, 0.15) is 6.92 Å². The maximum atomic E-state index is 12.3. The molecule has 1 aromatic rings. The fourth-order valence-electron chi connectivity index (χ4n) is 2.37. The number of anilines is 1. The molecule has 1 aliphatic heterocycles. The van der Waals surface area contributed by atoms with Gasteiger partial charge in [0.1, 0.15) is 0 Å². The van der Waals surface area contributed by atoms with Crippen molar-refractivity contribution in [3.8, 4) is 0 Å². The fraction of sp³-hybridized carbons (Fsp3) is 0.500. The molecule has 1 atom stereocenters. The highest BCUT2D eigenvalue weighted by atomic mass is 35.5. The van der Waals surface area contributed by atoms with Crippen LogP contribution in [0.4, 0.5) is 5.69 Å². The Labute approximate surface area is 136 Å². The van der Waals surface area contributed by atoms with Crippen molar-refractivity contribution in [2.75, 3.05) is 37.8 Å². The van der Waals surface area contributed by atoms with E-state index in [-0.39, 0.29) is 11.9 Å². The number of piperazine rings is 1. The molecule has 0 aromatic heterocycles. The molecule has 1 saturated heterocycles. The van der Waals surface area contributed by atoms with Crippen molar-refractivity contribution in [1.82, 2.24) is 9.21 Å². The Morgan fingerprint density at radius 1 is 1.18 bits per heavy atom. The van der Waals surface area contributed by atoms with Crippen molar-refractivity contribution in [3.63, 3.8) is 0 Å². The molecule has 22 heavy (non-hydrogen) atoms. The average molecular weight is 346 g/mol. The van der Waals surface area contributed by atoms with Crippen molar-refractivity contribution in [2.24, 2.45) is 0 Å². The molecule has 122 valence electrons. The largest absolute Gasteiger partial charge is 0.325 e. The first-order valence-corrected chi connectivity index (χ1v) is 9.25. The summed E-state index contributed by atoms with van der Waals surface area (Å²) >= 11 is 5.81. The Morgan fingerprint density at radius 3 is 2.23 bits per heavy atom. The summed E-state index contributed by atoms with van der Waals surface area (Å²) in [4.78, 5) is 14.2. The van der Waals surface area contributed by atoms with Gasteiger partial charge in [-0.1, -0.05) is 11.6 Å². The topological polar surface area (TPSA) is 69.7 Å². The summed E-state index contributed by atoms with van der Waals surface area (Å²) in [6.45, 7) is 3.74. The van der Waals surface area contributed by atoms with Crippen LogP contribution in [0.25, 0.3) is 0 Å². The minimum absolute atomic E-state index is 0.116. The third kappa shape index (κ3) is 4.42. The van der Waals surface area contributed by atoms with Crippen molar-refractivity contribution < 1.29 is 13.2 Å². The van der Waals surface area contributed by atoms with E-state index in [2.05, 4.69) is 5.32 Å². The van der Waals surface area contributed by atoms with Gasteiger partial charge in [0.2, 0.25) is 15.9 Å². The predicted octanol–water partition coefficient (Wildman–Crippen LogP) is 1.24. The fourth-order valence-corrected chi connectivity index (χ4v) is 3.32. The predicted molar refractivity (Wildman–Crippen MR) is 87.5 cm³/mol. The second kappa shape index (κ2) is 6.95. The molecule has 1 N–H and O–H groups in total. The van der Waals surface area contributed by atoms with Gasteiger partial charge in [0.05, 0.1) is 12.3 Å². The van der Waals surface area contributed by atoms with Gasteiger partial charge in [0, 0.05) is 36.9 Å². The number of halogens is 1. The molecule has 1 aliphatic rings. The van der Waals surface area contributed by atoms with Gasteiger partial charge in [-0.05, 0) is 31.2 Å². The molecule has 0 saturated carbocycles. The number of nitrogens with one attached hydrogen (secondary N) is 1. The van der Waals surface area contributed by atoms with Gasteiger partial charge < -0.3 is 5.32 Å². The molecule has 8 heteroatoms. The zero-order chi connectivity index (χ0) is 16.3. The summed E-state index contributed by atoms with van der Waals surface area (Å²) < 4.78 is 24.4. The van der Waals surface area contributed by atoms with E-state index in [1.807, 2.05) is 11.8 Å². The van der Waals surface area contributed by atoms with E-state index in [0.29, 0.717) is 36.9 Å². The lowest BCUT2D eigenvalue weighted by molar-refractivity contribution is -0.121. The number of benzene rings is 1. The first-order chi connectivity index (χ1) is 10.3. The maximum Gasteiger partial charge on any atom is 0.241 e. The van der Waals surface area contributed by atoms with Gasteiger partial charge in [-0.3, -0.25) is 9.69 Å². The lowest BCUT2D eigenvalue weighted by atomic mass is 10.2. The van der Waals surface area contributed by atoms with Gasteiger partial charge in [0.25, 0.3) is 0 Å². The molecule has 2 rings (SSSR count). The lowest BCUT2D eigenvalue weighted by Crippen LogP contribution is -2.53. The van der Waals surface area contributed by atoms with Crippen LogP contribution >= 0.6 is 11.6 Å². The van der Waals surface area contributed by atoms with E-state index in [9.17, 15) is 13.2 Å². The highest BCUT2D eigenvalue weighted by molar-refractivity contribution is 7.88. The van der Waals surface area contributed by atoms with E-state index >= 15 is 0 Å². The van der Waals surface area contributed by atoms with Gasteiger partial charge >= 0.3 is 0 Å². The molecule has 0 bridgehead atoms. The summed E-state index contributed by atoms with van der Waals surface area (Å²) in [5.41, 5.74) is 0.691. The van der Waals surface area contributed by atoms with Crippen LogP contribution < -0.4 is 5.32 Å². The van der Waals surface area contributed by atoms with E-state index in [4.69, 9.17) is 11.6 Å². The zero-order valence-corrected chi connectivity index (χ0v) is 14.2. The number of hydrogen-bond donors (Lipinski definition) is 1. The summed E-state index contributed by atoms with van der Waals surface area (Å²) in [5.74, 6) is -0.116. The SMILES string of the molecule is CC(C(=O)Nc1ccc(Cl)cc1)N1CCN(S(C)(=O)=O)CC1. The van der Waals surface area contributed by atoms with E-state index < -0.39 is 10.0 Å². The van der Waals surface area contributed by atoms with Crippen LogP contribution in [0.5, 0.6) is 0 Å². The van der Waals surface area contributed by atoms with Gasteiger partial charge in [-0.2, -0.15) is 4.31 Å². The van der Waals surface area contributed by atoms with E-state index in [1.165, 1.54) is 10.6 Å². The smallest absolute Gasteiger partial charge is 0.241 e. The minimum atomic E-state index is -3.15. The van der Waals surface area contributed by atoms with Crippen molar-refractivity contribution >= 4 is 33.2 Å². The molecule has 1 heterocycles. The monoisotopic (exact) mass is 345 g/mol. The van der Waals surface area contributed by atoms with Crippen LogP contribution in [-0.2, 0) is 14.8 Å². The van der Waals surface area contributed by atoms with Crippen LogP contribution in [0.15, 0.2) is 24.3 Å². The Bertz CT molecular complexity index is 625. The Hall–Kier alpha value is -1.15. The molecule has 0 spiro atoms. The number of nitrogens with zero attached hydrogens (tertiary/aromatic N) is 2. The second-order valence-electron chi connectivity index (χ2n) is 5.37. The summed E-state index contributed by atoms with van der Waals surface area (Å²) in [6, 6.07) is 6.60. The standard InChI is InChI=1S/C14H20ClN3O3S/c1-11(14(19)16-13-5-3-12(15)4-6-13)17-7-9-18(10-8-17)22(2,20)21/h3-6,11H,7-10H2,1-2H3,(H,16,19). The third-order valence-electron chi connectivity index (χ3n) is 3.78. The lowest BCUT2D eigenvalue weighted by Gasteiger charge is -2.36. The Kier molecular flexibility index (Phi) is 5.44. The normalized spacial score (nSPS) is 18.9. The second-order valence-corrected chi connectivity index (χ2v) is 7.79. The average Bonchev–Trinajstić information content (AvgIpc) is 2.48. The van der Waals surface area contributed by atoms with E-state index in [0.717, 1.165) is 0 Å². The van der Waals surface area contributed by atoms with Gasteiger partial charge in [0.15, 0.2) is 0 Å². The molecule has 0 radical (unpaired) electrons. The van der Waals surface area contributed by atoms with Crippen LogP contribution in [0.2, 0.25) is 5.02 Å². The molecule has 1 amide bonds. The number of rotatable bonds is 4. The number of hydrogen-bond acceptors (Lipinski definition) is 4. The first-order valence-electron chi connectivity index (χ1n) is 7.03. The highest BCUT2D eigenvalue weighted by Gasteiger charge is 2.28. The van der Waals surface area contributed by atoms with E-state index in [1.54, 1.807) is 24.3 Å². The molecule has 1 aromatic carbocycles. The van der Waals surface area contributed by atoms with Crippen molar-refractivity contribution in [2.45, 2.75) is 13.0 Å². The molecule has 6 nitrogen and oxygen atoms in total. The van der Waals surface area contributed by atoms with Crippen molar-refractivity contribution in [3.05, 3.63) is 29.3 Å². The van der Waals surface area contributed by atoms with Crippen LogP contribution in [0, 0.1) is 0 Å². The summed E-state index contributed by atoms with van der Waals surface area (Å²) in [6.07, 6.45) is 1.21. The molecule has 0 aliphatic carbocycles. The van der Waals surface area contributed by atoms with Gasteiger partial charge in [-0.25, -0.2) is 8.42 Å². The quantitative estimate of drug-likeness (QED) is 0.891. The maximum absolute atomic E-state index is 12.3. The number of carbonyl (C=O) groups excluding carboxylic acids is 1. The van der Waals surface area contributed by atoms with Crippen molar-refractivity contribution in [1.29, 1.82) is 0 Å². The summed E-state index contributed by atoms with van der Waals surface area (Å²) in [7, 11) is -3.15. The number of carbonyl (C=O) groups is 1. The Morgan fingerprint density at radius 2 is 1.73 bits per heavy atom. The molecular weight excluding hydrogens is 326 g/mol. The summed E-state index contributed by atoms with van der Waals surface area (Å²) in [5, 5.41) is 3.45. The van der Waals surface area contributed by atoms with Crippen LogP contribution in [-0.4, -0.2) is 62.0 Å². The zero-order valence-electron chi connectivity index (χ0n) is 12.6. The molecular formula is C14H20ClN3O3S. The first kappa shape index (κ1) is 17.2. The minimum Gasteiger partial charge on any atom is -0.325 e. The molecule has 1 unspecified atom stereocenters. The Balaban J connectivity index is 1.90.